The monoisotopic (exact) mass is 223 g/mol. The Morgan fingerprint density at radius 1 is 1.44 bits per heavy atom. The SMILES string of the molecule is Nc1c(F)ccc2c(=O)cc(C(=O)O)oc12. The second kappa shape index (κ2) is 3.34. The van der Waals surface area contributed by atoms with Crippen molar-refractivity contribution < 1.29 is 18.7 Å². The first-order valence-electron chi connectivity index (χ1n) is 4.26. The van der Waals surface area contributed by atoms with E-state index < -0.39 is 23.0 Å². The normalized spacial score (nSPS) is 10.6. The molecule has 2 rings (SSSR count). The summed E-state index contributed by atoms with van der Waals surface area (Å²) in [5, 5.41) is 8.71. The molecule has 6 heteroatoms. The fraction of sp³-hybridized carbons (Fsp3) is 0. The number of carboxylic acids is 1. The molecule has 1 aromatic heterocycles. The Bertz CT molecular complexity index is 647. The third-order valence-electron chi connectivity index (χ3n) is 2.09. The first-order valence-corrected chi connectivity index (χ1v) is 4.26. The molecule has 82 valence electrons. The average Bonchev–Trinajstić information content (AvgIpc) is 2.23. The molecule has 16 heavy (non-hydrogen) atoms. The molecule has 0 aliphatic rings. The highest BCUT2D eigenvalue weighted by Crippen LogP contribution is 2.22. The molecular weight excluding hydrogens is 217 g/mol. The number of hydrogen-bond acceptors (Lipinski definition) is 4. The van der Waals surface area contributed by atoms with Crippen molar-refractivity contribution in [2.24, 2.45) is 0 Å². The van der Waals surface area contributed by atoms with Crippen LogP contribution in [0.2, 0.25) is 0 Å². The van der Waals surface area contributed by atoms with E-state index in [9.17, 15) is 14.0 Å². The Labute approximate surface area is 87.9 Å². The third-order valence-corrected chi connectivity index (χ3v) is 2.09. The Kier molecular flexibility index (Phi) is 2.12. The molecule has 0 unspecified atom stereocenters. The van der Waals surface area contributed by atoms with E-state index in [-0.39, 0.29) is 16.7 Å². The van der Waals surface area contributed by atoms with Crippen LogP contribution in [0.5, 0.6) is 0 Å². The summed E-state index contributed by atoms with van der Waals surface area (Å²) in [4.78, 5) is 22.1. The maximum Gasteiger partial charge on any atom is 0.371 e. The number of nitrogens with two attached hydrogens (primary N) is 1. The zero-order chi connectivity index (χ0) is 11.9. The minimum absolute atomic E-state index is 0.0453. The topological polar surface area (TPSA) is 93.5 Å². The summed E-state index contributed by atoms with van der Waals surface area (Å²) >= 11 is 0. The summed E-state index contributed by atoms with van der Waals surface area (Å²) in [6, 6.07) is 3.04. The number of rotatable bonds is 1. The number of carboxylic acid groups (broad SMARTS) is 1. The summed E-state index contributed by atoms with van der Waals surface area (Å²) in [5.41, 5.74) is 4.15. The Balaban J connectivity index is 2.94. The van der Waals surface area contributed by atoms with E-state index in [0.717, 1.165) is 12.1 Å². The van der Waals surface area contributed by atoms with Gasteiger partial charge in [-0.3, -0.25) is 4.79 Å². The molecule has 0 aliphatic carbocycles. The number of anilines is 1. The summed E-state index contributed by atoms with van der Waals surface area (Å²) in [6.45, 7) is 0. The molecule has 5 nitrogen and oxygen atoms in total. The van der Waals surface area contributed by atoms with E-state index in [4.69, 9.17) is 15.3 Å². The Hall–Kier alpha value is -2.37. The van der Waals surface area contributed by atoms with Crippen LogP contribution in [-0.4, -0.2) is 11.1 Å². The molecule has 0 bridgehead atoms. The molecular formula is C10H6FNO4. The van der Waals surface area contributed by atoms with Gasteiger partial charge < -0.3 is 15.3 Å². The van der Waals surface area contributed by atoms with Gasteiger partial charge in [-0.15, -0.1) is 0 Å². The van der Waals surface area contributed by atoms with Gasteiger partial charge in [-0.05, 0) is 12.1 Å². The zero-order valence-electron chi connectivity index (χ0n) is 7.86. The Morgan fingerprint density at radius 3 is 2.75 bits per heavy atom. The first-order chi connectivity index (χ1) is 7.50. The summed E-state index contributed by atoms with van der Waals surface area (Å²) in [5.74, 6) is -2.75. The van der Waals surface area contributed by atoms with Crippen molar-refractivity contribution in [2.75, 3.05) is 5.73 Å². The van der Waals surface area contributed by atoms with Crippen molar-refractivity contribution in [1.29, 1.82) is 0 Å². The highest BCUT2D eigenvalue weighted by Gasteiger charge is 2.14. The second-order valence-corrected chi connectivity index (χ2v) is 3.12. The number of benzene rings is 1. The van der Waals surface area contributed by atoms with Gasteiger partial charge >= 0.3 is 5.97 Å². The van der Waals surface area contributed by atoms with Gasteiger partial charge in [0, 0.05) is 6.07 Å². The van der Waals surface area contributed by atoms with Crippen LogP contribution in [-0.2, 0) is 0 Å². The van der Waals surface area contributed by atoms with E-state index in [1.165, 1.54) is 6.07 Å². The summed E-state index contributed by atoms with van der Waals surface area (Å²) in [6.07, 6.45) is 0. The van der Waals surface area contributed by atoms with Gasteiger partial charge in [0.15, 0.2) is 11.0 Å². The fourth-order valence-corrected chi connectivity index (χ4v) is 1.32. The van der Waals surface area contributed by atoms with Gasteiger partial charge in [0.25, 0.3) is 0 Å². The van der Waals surface area contributed by atoms with Crippen LogP contribution < -0.4 is 11.2 Å². The molecule has 0 saturated heterocycles. The number of carbonyl (C=O) groups is 1. The lowest BCUT2D eigenvalue weighted by molar-refractivity contribution is 0.0663. The quantitative estimate of drug-likeness (QED) is 0.708. The maximum absolute atomic E-state index is 13.1. The minimum Gasteiger partial charge on any atom is -0.475 e. The molecule has 2 aromatic rings. The van der Waals surface area contributed by atoms with E-state index in [0.29, 0.717) is 0 Å². The van der Waals surface area contributed by atoms with E-state index in [1.54, 1.807) is 0 Å². The van der Waals surface area contributed by atoms with Crippen LogP contribution in [0.4, 0.5) is 10.1 Å². The lowest BCUT2D eigenvalue weighted by Crippen LogP contribution is -2.08. The lowest BCUT2D eigenvalue weighted by atomic mass is 10.2. The maximum atomic E-state index is 13.1. The molecule has 3 N–H and O–H groups in total. The van der Waals surface area contributed by atoms with Crippen LogP contribution in [0.1, 0.15) is 10.6 Å². The van der Waals surface area contributed by atoms with Gasteiger partial charge in [0.1, 0.15) is 11.5 Å². The largest absolute Gasteiger partial charge is 0.475 e. The molecule has 1 heterocycles. The highest BCUT2D eigenvalue weighted by atomic mass is 19.1. The van der Waals surface area contributed by atoms with E-state index >= 15 is 0 Å². The standard InChI is InChI=1S/C10H6FNO4/c11-5-2-1-4-6(13)3-7(10(14)15)16-9(4)8(5)12/h1-3H,12H2,(H,14,15). The predicted octanol–water partition coefficient (Wildman–Crippen LogP) is 1.21. The smallest absolute Gasteiger partial charge is 0.371 e. The van der Waals surface area contributed by atoms with Crippen molar-refractivity contribution in [3.05, 3.63) is 40.0 Å². The van der Waals surface area contributed by atoms with Crippen LogP contribution in [0.3, 0.4) is 0 Å². The average molecular weight is 223 g/mol. The lowest BCUT2D eigenvalue weighted by Gasteiger charge is -2.02. The number of fused-ring (bicyclic) bond motifs is 1. The van der Waals surface area contributed by atoms with E-state index in [2.05, 4.69) is 0 Å². The van der Waals surface area contributed by atoms with Crippen molar-refractivity contribution in [1.82, 2.24) is 0 Å². The van der Waals surface area contributed by atoms with Gasteiger partial charge in [-0.1, -0.05) is 0 Å². The van der Waals surface area contributed by atoms with Crippen LogP contribution in [0.25, 0.3) is 11.0 Å². The number of halogens is 1. The minimum atomic E-state index is -1.41. The molecule has 1 aromatic carbocycles. The van der Waals surface area contributed by atoms with Crippen LogP contribution in [0.15, 0.2) is 27.4 Å². The molecule has 0 saturated carbocycles. The van der Waals surface area contributed by atoms with Gasteiger partial charge in [-0.25, -0.2) is 9.18 Å². The number of aromatic carboxylic acids is 1. The second-order valence-electron chi connectivity index (χ2n) is 3.12. The first kappa shape index (κ1) is 10.2. The van der Waals surface area contributed by atoms with Gasteiger partial charge in [0.2, 0.25) is 5.76 Å². The zero-order valence-corrected chi connectivity index (χ0v) is 7.86. The molecule has 0 atom stereocenters. The molecule has 0 fully saturated rings. The summed E-state index contributed by atoms with van der Waals surface area (Å²) in [7, 11) is 0. The number of nitrogen functional groups attached to an aromatic ring is 1. The molecule has 0 spiro atoms. The Morgan fingerprint density at radius 2 is 2.12 bits per heavy atom. The van der Waals surface area contributed by atoms with Gasteiger partial charge in [-0.2, -0.15) is 0 Å². The summed E-state index contributed by atoms with van der Waals surface area (Å²) < 4.78 is 17.9. The fourth-order valence-electron chi connectivity index (χ4n) is 1.32. The highest BCUT2D eigenvalue weighted by molar-refractivity contribution is 5.91. The van der Waals surface area contributed by atoms with Crippen molar-refractivity contribution >= 4 is 22.6 Å². The van der Waals surface area contributed by atoms with Crippen molar-refractivity contribution in [3.63, 3.8) is 0 Å². The van der Waals surface area contributed by atoms with Gasteiger partial charge in [0.05, 0.1) is 5.39 Å². The molecule has 0 radical (unpaired) electrons. The number of hydrogen-bond donors (Lipinski definition) is 2. The van der Waals surface area contributed by atoms with Crippen LogP contribution in [0, 0.1) is 5.82 Å². The molecule has 0 aliphatic heterocycles. The van der Waals surface area contributed by atoms with E-state index in [1.807, 2.05) is 0 Å². The van der Waals surface area contributed by atoms with Crippen molar-refractivity contribution in [3.8, 4) is 0 Å². The molecule has 0 amide bonds. The third kappa shape index (κ3) is 1.40. The predicted molar refractivity (Wildman–Crippen MR) is 53.8 cm³/mol. The van der Waals surface area contributed by atoms with Crippen molar-refractivity contribution in [2.45, 2.75) is 0 Å². The van der Waals surface area contributed by atoms with Crippen LogP contribution >= 0.6 is 0 Å².